The van der Waals surface area contributed by atoms with Gasteiger partial charge in [0.05, 0.1) is 12.7 Å². The van der Waals surface area contributed by atoms with Crippen molar-refractivity contribution in [3.8, 4) is 0 Å². The maximum absolute atomic E-state index is 12.6. The monoisotopic (exact) mass is 396 g/mol. The molecule has 2 fully saturated rings. The molecule has 1 N–H and O–H groups in total. The van der Waals surface area contributed by atoms with Crippen molar-refractivity contribution in [2.75, 3.05) is 44.2 Å². The molecule has 0 bridgehead atoms. The Morgan fingerprint density at radius 2 is 2.08 bits per heavy atom. The highest BCUT2D eigenvalue weighted by Crippen LogP contribution is 2.24. The molecule has 3 heterocycles. The first kappa shape index (κ1) is 21.4. The molecule has 9 heteroatoms. The van der Waals surface area contributed by atoms with Crippen LogP contribution in [0.5, 0.6) is 0 Å². The summed E-state index contributed by atoms with van der Waals surface area (Å²) >= 11 is 1.76. The first-order chi connectivity index (χ1) is 10.7. The SMILES string of the molecule is CCc1cnc(N2CCN(C(=O)[C@H]3NCCO[C@@H]3C)CC2)s1.Cl.Cl. The van der Waals surface area contributed by atoms with Gasteiger partial charge >= 0.3 is 0 Å². The van der Waals surface area contributed by atoms with Crippen molar-refractivity contribution in [2.45, 2.75) is 32.4 Å². The van der Waals surface area contributed by atoms with E-state index in [2.05, 4.69) is 22.1 Å². The summed E-state index contributed by atoms with van der Waals surface area (Å²) in [6.45, 7) is 8.76. The van der Waals surface area contributed by atoms with Crippen LogP contribution in [0.1, 0.15) is 18.7 Å². The molecule has 2 aliphatic rings. The van der Waals surface area contributed by atoms with E-state index >= 15 is 0 Å². The minimum atomic E-state index is -0.202. The summed E-state index contributed by atoms with van der Waals surface area (Å²) in [6, 6.07) is -0.202. The highest BCUT2D eigenvalue weighted by molar-refractivity contribution is 7.15. The molecule has 24 heavy (non-hydrogen) atoms. The van der Waals surface area contributed by atoms with Crippen molar-refractivity contribution in [1.82, 2.24) is 15.2 Å². The number of hydrogen-bond acceptors (Lipinski definition) is 6. The lowest BCUT2D eigenvalue weighted by molar-refractivity contribution is -0.139. The fraction of sp³-hybridized carbons (Fsp3) is 0.733. The first-order valence-corrected chi connectivity index (χ1v) is 8.84. The fourth-order valence-electron chi connectivity index (χ4n) is 2.93. The lowest BCUT2D eigenvalue weighted by Gasteiger charge is -2.38. The van der Waals surface area contributed by atoms with Gasteiger partial charge in [0.15, 0.2) is 5.13 Å². The second kappa shape index (κ2) is 9.77. The number of nitrogens with zero attached hydrogens (tertiary/aromatic N) is 3. The lowest BCUT2D eigenvalue weighted by atomic mass is 10.1. The van der Waals surface area contributed by atoms with Crippen LogP contribution in [0.4, 0.5) is 5.13 Å². The van der Waals surface area contributed by atoms with E-state index in [1.54, 1.807) is 11.3 Å². The number of rotatable bonds is 3. The number of halogens is 2. The van der Waals surface area contributed by atoms with Crippen molar-refractivity contribution in [2.24, 2.45) is 0 Å². The van der Waals surface area contributed by atoms with Gasteiger partial charge in [-0.05, 0) is 13.3 Å². The molecule has 2 atom stereocenters. The van der Waals surface area contributed by atoms with Crippen molar-refractivity contribution >= 4 is 47.2 Å². The van der Waals surface area contributed by atoms with Gasteiger partial charge in [0.2, 0.25) is 5.91 Å². The molecule has 6 nitrogen and oxygen atoms in total. The van der Waals surface area contributed by atoms with E-state index < -0.39 is 0 Å². The highest BCUT2D eigenvalue weighted by Gasteiger charge is 2.33. The Hall–Kier alpha value is -0.600. The van der Waals surface area contributed by atoms with Gasteiger partial charge in [-0.25, -0.2) is 4.98 Å². The van der Waals surface area contributed by atoms with Gasteiger partial charge in [-0.15, -0.1) is 36.2 Å². The Morgan fingerprint density at radius 1 is 1.38 bits per heavy atom. The number of nitrogens with one attached hydrogen (secondary N) is 1. The number of aromatic nitrogens is 1. The van der Waals surface area contributed by atoms with E-state index in [4.69, 9.17) is 4.74 Å². The number of anilines is 1. The summed E-state index contributed by atoms with van der Waals surface area (Å²) < 4.78 is 5.58. The van der Waals surface area contributed by atoms with Crippen LogP contribution in [0.15, 0.2) is 6.20 Å². The Kier molecular flexibility index (Phi) is 8.73. The summed E-state index contributed by atoms with van der Waals surface area (Å²) in [6.07, 6.45) is 2.94. The van der Waals surface area contributed by atoms with Gasteiger partial charge in [-0.1, -0.05) is 6.92 Å². The van der Waals surface area contributed by atoms with E-state index in [1.165, 1.54) is 4.88 Å². The smallest absolute Gasteiger partial charge is 0.242 e. The Labute approximate surface area is 159 Å². The van der Waals surface area contributed by atoms with Crippen LogP contribution >= 0.6 is 36.2 Å². The molecule has 1 aromatic rings. The molecule has 138 valence electrons. The topological polar surface area (TPSA) is 57.7 Å². The normalized spacial score (nSPS) is 24.1. The number of amides is 1. The Bertz CT molecular complexity index is 523. The summed E-state index contributed by atoms with van der Waals surface area (Å²) in [4.78, 5) is 22.6. The summed E-state index contributed by atoms with van der Waals surface area (Å²) in [5, 5.41) is 4.36. The number of carbonyl (C=O) groups is 1. The number of morpholine rings is 1. The highest BCUT2D eigenvalue weighted by atomic mass is 35.5. The zero-order chi connectivity index (χ0) is 15.5. The molecule has 1 amide bonds. The average molecular weight is 397 g/mol. The zero-order valence-electron chi connectivity index (χ0n) is 14.1. The molecule has 2 aliphatic heterocycles. The van der Waals surface area contributed by atoms with Crippen molar-refractivity contribution in [1.29, 1.82) is 0 Å². The van der Waals surface area contributed by atoms with Crippen LogP contribution in [0, 0.1) is 0 Å². The van der Waals surface area contributed by atoms with Crippen LogP contribution in [0.3, 0.4) is 0 Å². The fourth-order valence-corrected chi connectivity index (χ4v) is 3.83. The van der Waals surface area contributed by atoms with Crippen LogP contribution < -0.4 is 10.2 Å². The first-order valence-electron chi connectivity index (χ1n) is 8.02. The van der Waals surface area contributed by atoms with Crippen LogP contribution in [-0.4, -0.2) is 67.3 Å². The van der Waals surface area contributed by atoms with Gasteiger partial charge < -0.3 is 19.9 Å². The van der Waals surface area contributed by atoms with Gasteiger partial charge in [-0.2, -0.15) is 0 Å². The molecule has 0 spiro atoms. The molecule has 1 aromatic heterocycles. The molecule has 0 aromatic carbocycles. The third-order valence-corrected chi connectivity index (χ3v) is 5.54. The Morgan fingerprint density at radius 3 is 2.67 bits per heavy atom. The van der Waals surface area contributed by atoms with Crippen molar-refractivity contribution in [3.05, 3.63) is 11.1 Å². The van der Waals surface area contributed by atoms with Gasteiger partial charge in [0.25, 0.3) is 0 Å². The molecule has 0 radical (unpaired) electrons. The number of carbonyl (C=O) groups excluding carboxylic acids is 1. The molecular formula is C15H26Cl2N4O2S. The predicted molar refractivity (Wildman–Crippen MR) is 102 cm³/mol. The maximum Gasteiger partial charge on any atom is 0.242 e. The van der Waals surface area contributed by atoms with Gasteiger partial charge in [0.1, 0.15) is 6.04 Å². The largest absolute Gasteiger partial charge is 0.375 e. The van der Waals surface area contributed by atoms with Crippen molar-refractivity contribution < 1.29 is 9.53 Å². The average Bonchev–Trinajstić information content (AvgIpc) is 3.04. The molecule has 3 rings (SSSR count). The quantitative estimate of drug-likeness (QED) is 0.839. The number of ether oxygens (including phenoxy) is 1. The maximum atomic E-state index is 12.6. The molecule has 0 aliphatic carbocycles. The van der Waals surface area contributed by atoms with Gasteiger partial charge in [-0.3, -0.25) is 4.79 Å². The number of aryl methyl sites for hydroxylation is 1. The molecule has 0 unspecified atom stereocenters. The second-order valence-corrected chi connectivity index (χ2v) is 6.88. The number of hydrogen-bond donors (Lipinski definition) is 1. The summed E-state index contributed by atoms with van der Waals surface area (Å²) in [7, 11) is 0. The standard InChI is InChI=1S/C15H24N4O2S.2ClH/c1-3-12-10-17-15(22-12)19-7-5-18(6-8-19)14(20)13-11(2)21-9-4-16-13;;/h10-11,13,16H,3-9H2,1-2H3;2*1H/t11-,13+;;/m1../s1. The minimum Gasteiger partial charge on any atom is -0.375 e. The lowest BCUT2D eigenvalue weighted by Crippen LogP contribution is -2.59. The second-order valence-electron chi connectivity index (χ2n) is 5.78. The van der Waals surface area contributed by atoms with E-state index in [0.29, 0.717) is 6.61 Å². The third kappa shape index (κ3) is 4.73. The Balaban J connectivity index is 0.00000144. The van der Waals surface area contributed by atoms with Crippen LogP contribution in [0.2, 0.25) is 0 Å². The number of thiazole rings is 1. The molecule has 2 saturated heterocycles. The van der Waals surface area contributed by atoms with Crippen LogP contribution in [-0.2, 0) is 16.0 Å². The van der Waals surface area contributed by atoms with Gasteiger partial charge in [0, 0.05) is 43.8 Å². The van der Waals surface area contributed by atoms with Crippen molar-refractivity contribution in [3.63, 3.8) is 0 Å². The number of piperazine rings is 1. The third-order valence-electron chi connectivity index (χ3n) is 4.33. The summed E-state index contributed by atoms with van der Waals surface area (Å²) in [5.41, 5.74) is 0. The van der Waals surface area contributed by atoms with E-state index in [-0.39, 0.29) is 42.9 Å². The summed E-state index contributed by atoms with van der Waals surface area (Å²) in [5.74, 6) is 0.167. The minimum absolute atomic E-state index is 0. The van der Waals surface area contributed by atoms with Crippen LogP contribution in [0.25, 0.3) is 0 Å². The molecular weight excluding hydrogens is 371 g/mol. The zero-order valence-corrected chi connectivity index (χ0v) is 16.5. The molecule has 0 saturated carbocycles. The van der Waals surface area contributed by atoms with E-state index in [0.717, 1.165) is 44.3 Å². The predicted octanol–water partition coefficient (Wildman–Crippen LogP) is 1.57. The van der Waals surface area contributed by atoms with E-state index in [9.17, 15) is 4.79 Å². The van der Waals surface area contributed by atoms with E-state index in [1.807, 2.05) is 18.0 Å².